The topological polar surface area (TPSA) is 69.7 Å². The van der Waals surface area contributed by atoms with Crippen LogP contribution in [0.4, 0.5) is 0 Å². The van der Waals surface area contributed by atoms with Gasteiger partial charge in [0.05, 0.1) is 4.90 Å². The number of carbonyl (C=O) groups is 1. The summed E-state index contributed by atoms with van der Waals surface area (Å²) < 4.78 is 27.1. The van der Waals surface area contributed by atoms with Crippen LogP contribution < -0.4 is 5.32 Å². The maximum Gasteiger partial charge on any atom is 0.251 e. The first-order valence-corrected chi connectivity index (χ1v) is 12.6. The Morgan fingerprint density at radius 3 is 2.52 bits per heavy atom. The Hall–Kier alpha value is -2.22. The lowest BCUT2D eigenvalue weighted by Crippen LogP contribution is -2.40. The Bertz CT molecular complexity index is 988. The smallest absolute Gasteiger partial charge is 0.251 e. The number of amides is 1. The molecule has 0 bridgehead atoms. The summed E-state index contributed by atoms with van der Waals surface area (Å²) in [6.07, 6.45) is 4.00. The third-order valence-electron chi connectivity index (χ3n) is 6.20. The fourth-order valence-corrected chi connectivity index (χ4v) is 6.08. The summed E-state index contributed by atoms with van der Waals surface area (Å²) in [7, 11) is -3.52. The van der Waals surface area contributed by atoms with Crippen molar-refractivity contribution in [1.29, 1.82) is 0 Å². The van der Waals surface area contributed by atoms with E-state index >= 15 is 0 Å². The highest BCUT2D eigenvalue weighted by atomic mass is 32.2. The van der Waals surface area contributed by atoms with Crippen molar-refractivity contribution < 1.29 is 13.2 Å². The van der Waals surface area contributed by atoms with Crippen LogP contribution in [0.25, 0.3) is 0 Å². The van der Waals surface area contributed by atoms with E-state index in [1.165, 1.54) is 15.9 Å². The molecule has 1 atom stereocenters. The zero-order valence-electron chi connectivity index (χ0n) is 17.9. The van der Waals surface area contributed by atoms with Crippen LogP contribution in [0.3, 0.4) is 0 Å². The quantitative estimate of drug-likeness (QED) is 0.717. The SMILES string of the molecule is O=C(NCC1CCCN(Cc2ccccc2)C1)c1cccc(S(=O)(=O)N2CCCC2)c1. The highest BCUT2D eigenvalue weighted by Gasteiger charge is 2.28. The number of likely N-dealkylation sites (tertiary alicyclic amines) is 1. The minimum Gasteiger partial charge on any atom is -0.352 e. The maximum atomic E-state index is 12.8. The molecule has 1 unspecified atom stereocenters. The van der Waals surface area contributed by atoms with E-state index in [2.05, 4.69) is 34.5 Å². The Morgan fingerprint density at radius 1 is 0.968 bits per heavy atom. The molecule has 0 aliphatic carbocycles. The lowest BCUT2D eigenvalue weighted by molar-refractivity contribution is 0.0930. The number of nitrogens with one attached hydrogen (secondary N) is 1. The summed E-state index contributed by atoms with van der Waals surface area (Å²) in [5.74, 6) is 0.191. The summed E-state index contributed by atoms with van der Waals surface area (Å²) in [5.41, 5.74) is 1.71. The zero-order chi connectivity index (χ0) is 21.7. The molecule has 0 saturated carbocycles. The number of sulfonamides is 1. The van der Waals surface area contributed by atoms with Gasteiger partial charge in [-0.2, -0.15) is 4.31 Å². The van der Waals surface area contributed by atoms with E-state index < -0.39 is 10.0 Å². The molecule has 0 aromatic heterocycles. The average Bonchev–Trinajstić information content (AvgIpc) is 3.35. The van der Waals surface area contributed by atoms with E-state index in [4.69, 9.17) is 0 Å². The lowest BCUT2D eigenvalue weighted by Gasteiger charge is -2.32. The third-order valence-corrected chi connectivity index (χ3v) is 8.10. The van der Waals surface area contributed by atoms with Gasteiger partial charge in [-0.3, -0.25) is 9.69 Å². The molecule has 0 radical (unpaired) electrons. The van der Waals surface area contributed by atoms with Crippen LogP contribution in [0.1, 0.15) is 41.6 Å². The van der Waals surface area contributed by atoms with Gasteiger partial charge in [0.25, 0.3) is 5.91 Å². The molecule has 0 spiro atoms. The molecule has 2 fully saturated rings. The maximum absolute atomic E-state index is 12.8. The highest BCUT2D eigenvalue weighted by molar-refractivity contribution is 7.89. The standard InChI is InChI=1S/C24H31N3O3S/c28-24(22-11-6-12-23(16-22)31(29,30)27-14-4-5-15-27)25-17-21-10-7-13-26(19-21)18-20-8-2-1-3-9-20/h1-3,6,8-9,11-12,16,21H,4-5,7,10,13-15,17-19H2,(H,25,28). The van der Waals surface area contributed by atoms with Crippen molar-refractivity contribution >= 4 is 15.9 Å². The molecule has 2 aliphatic rings. The van der Waals surface area contributed by atoms with Gasteiger partial charge in [-0.25, -0.2) is 8.42 Å². The van der Waals surface area contributed by atoms with Crippen LogP contribution in [0.2, 0.25) is 0 Å². The van der Waals surface area contributed by atoms with Crippen LogP contribution in [-0.2, 0) is 16.6 Å². The molecule has 7 heteroatoms. The molecular formula is C24H31N3O3S. The molecule has 1 amide bonds. The monoisotopic (exact) mass is 441 g/mol. The van der Waals surface area contributed by atoms with Gasteiger partial charge in [0.15, 0.2) is 0 Å². The second-order valence-corrected chi connectivity index (χ2v) is 10.5. The van der Waals surface area contributed by atoms with Gasteiger partial charge < -0.3 is 5.32 Å². The normalized spacial score (nSPS) is 20.6. The number of nitrogens with zero attached hydrogens (tertiary/aromatic N) is 2. The summed E-state index contributed by atoms with van der Waals surface area (Å²) in [4.78, 5) is 15.4. The lowest BCUT2D eigenvalue weighted by atomic mass is 9.97. The predicted molar refractivity (Wildman–Crippen MR) is 121 cm³/mol. The summed E-state index contributed by atoms with van der Waals surface area (Å²) >= 11 is 0. The number of hydrogen-bond donors (Lipinski definition) is 1. The zero-order valence-corrected chi connectivity index (χ0v) is 18.7. The second kappa shape index (κ2) is 9.94. The summed E-state index contributed by atoms with van der Waals surface area (Å²) in [6, 6.07) is 16.9. The molecule has 1 N–H and O–H groups in total. The van der Waals surface area contributed by atoms with Gasteiger partial charge in [0.1, 0.15) is 0 Å². The van der Waals surface area contributed by atoms with Gasteiger partial charge in [-0.15, -0.1) is 0 Å². The average molecular weight is 442 g/mol. The van der Waals surface area contributed by atoms with Crippen molar-refractivity contribution in [3.05, 3.63) is 65.7 Å². The Balaban J connectivity index is 1.33. The van der Waals surface area contributed by atoms with Crippen molar-refractivity contribution in [3.8, 4) is 0 Å². The fourth-order valence-electron chi connectivity index (χ4n) is 4.52. The van der Waals surface area contributed by atoms with Crippen molar-refractivity contribution in [1.82, 2.24) is 14.5 Å². The number of rotatable bonds is 7. The van der Waals surface area contributed by atoms with E-state index in [0.29, 0.717) is 31.1 Å². The molecule has 2 heterocycles. The molecule has 2 aromatic rings. The molecule has 2 aromatic carbocycles. The van der Waals surface area contributed by atoms with E-state index in [-0.39, 0.29) is 10.8 Å². The number of hydrogen-bond acceptors (Lipinski definition) is 4. The third kappa shape index (κ3) is 5.53. The van der Waals surface area contributed by atoms with Gasteiger partial charge in [0.2, 0.25) is 10.0 Å². The minimum absolute atomic E-state index is 0.203. The van der Waals surface area contributed by atoms with E-state index in [1.54, 1.807) is 18.2 Å². The van der Waals surface area contributed by atoms with E-state index in [1.807, 2.05) is 6.07 Å². The van der Waals surface area contributed by atoms with Crippen molar-refractivity contribution in [2.75, 3.05) is 32.7 Å². The molecule has 2 aliphatic heterocycles. The van der Waals surface area contributed by atoms with Gasteiger partial charge in [-0.05, 0) is 61.9 Å². The fraction of sp³-hybridized carbons (Fsp3) is 0.458. The van der Waals surface area contributed by atoms with Crippen LogP contribution in [0, 0.1) is 5.92 Å². The number of benzene rings is 2. The van der Waals surface area contributed by atoms with Gasteiger partial charge >= 0.3 is 0 Å². The van der Waals surface area contributed by atoms with Crippen LogP contribution in [0.5, 0.6) is 0 Å². The van der Waals surface area contributed by atoms with Crippen molar-refractivity contribution in [3.63, 3.8) is 0 Å². The molecule has 4 rings (SSSR count). The highest BCUT2D eigenvalue weighted by Crippen LogP contribution is 2.22. The number of piperidine rings is 1. The Kier molecular flexibility index (Phi) is 7.05. The summed E-state index contributed by atoms with van der Waals surface area (Å²) in [6.45, 7) is 4.68. The summed E-state index contributed by atoms with van der Waals surface area (Å²) in [5, 5.41) is 3.03. The first kappa shape index (κ1) is 22.0. The van der Waals surface area contributed by atoms with Crippen LogP contribution in [-0.4, -0.2) is 56.3 Å². The molecule has 6 nitrogen and oxygen atoms in total. The molecule has 31 heavy (non-hydrogen) atoms. The van der Waals surface area contributed by atoms with Crippen LogP contribution >= 0.6 is 0 Å². The number of carbonyl (C=O) groups excluding carboxylic acids is 1. The van der Waals surface area contributed by atoms with E-state index in [9.17, 15) is 13.2 Å². The van der Waals surface area contributed by atoms with Crippen molar-refractivity contribution in [2.24, 2.45) is 5.92 Å². The minimum atomic E-state index is -3.52. The van der Waals surface area contributed by atoms with Gasteiger partial charge in [-0.1, -0.05) is 36.4 Å². The molecular weight excluding hydrogens is 410 g/mol. The first-order chi connectivity index (χ1) is 15.0. The Morgan fingerprint density at radius 2 is 1.74 bits per heavy atom. The second-order valence-electron chi connectivity index (χ2n) is 8.58. The van der Waals surface area contributed by atoms with Crippen molar-refractivity contribution in [2.45, 2.75) is 37.1 Å². The predicted octanol–water partition coefficient (Wildman–Crippen LogP) is 3.11. The van der Waals surface area contributed by atoms with Crippen LogP contribution in [0.15, 0.2) is 59.5 Å². The van der Waals surface area contributed by atoms with Gasteiger partial charge in [0, 0.05) is 38.3 Å². The molecule has 166 valence electrons. The first-order valence-electron chi connectivity index (χ1n) is 11.2. The largest absolute Gasteiger partial charge is 0.352 e. The van der Waals surface area contributed by atoms with E-state index in [0.717, 1.165) is 45.3 Å². The Labute approximate surface area is 185 Å². The molecule has 2 saturated heterocycles.